The van der Waals surface area contributed by atoms with E-state index >= 15 is 4.39 Å². The van der Waals surface area contributed by atoms with Crippen molar-refractivity contribution in [2.24, 2.45) is 0 Å². The van der Waals surface area contributed by atoms with E-state index in [2.05, 4.69) is 21.4 Å². The number of hydrogen-bond acceptors (Lipinski definition) is 7. The Morgan fingerprint density at radius 2 is 2.03 bits per heavy atom. The van der Waals surface area contributed by atoms with Crippen LogP contribution in [-0.4, -0.2) is 26.8 Å². The highest BCUT2D eigenvalue weighted by molar-refractivity contribution is 7.23. The number of rotatable bonds is 2. The highest BCUT2D eigenvalue weighted by Gasteiger charge is 2.25. The number of aromatic nitrogens is 2. The van der Waals surface area contributed by atoms with Gasteiger partial charge in [0, 0.05) is 15.6 Å². The molecule has 0 aliphatic rings. The number of thiophene rings is 1. The van der Waals surface area contributed by atoms with Gasteiger partial charge in [-0.2, -0.15) is 10.2 Å². The third-order valence-corrected chi connectivity index (χ3v) is 6.08. The number of nitrogens with one attached hydrogen (secondary N) is 1. The first-order valence-corrected chi connectivity index (χ1v) is 11.1. The number of hydrogen-bond donors (Lipinski definition) is 2. The number of ether oxygens (including phenoxy) is 1. The summed E-state index contributed by atoms with van der Waals surface area (Å²) < 4.78 is 21.5. The van der Waals surface area contributed by atoms with Crippen LogP contribution in [0.4, 0.5) is 14.2 Å². The molecule has 1 amide bonds. The lowest BCUT2D eigenvalue weighted by Crippen LogP contribution is -2.27. The fraction of sp³-hybridized carbons (Fsp3) is 0.182. The summed E-state index contributed by atoms with van der Waals surface area (Å²) in [4.78, 5) is 19.8. The first-order valence-electron chi connectivity index (χ1n) is 9.50. The minimum absolute atomic E-state index is 0.00377. The van der Waals surface area contributed by atoms with Gasteiger partial charge in [0.05, 0.1) is 16.0 Å². The number of benzene rings is 2. The lowest BCUT2D eigenvalue weighted by atomic mass is 9.97. The fourth-order valence-corrected chi connectivity index (χ4v) is 4.87. The molecule has 2 heterocycles. The van der Waals surface area contributed by atoms with Gasteiger partial charge in [-0.15, -0.1) is 11.3 Å². The van der Waals surface area contributed by atoms with Gasteiger partial charge in [-0.05, 0) is 50.1 Å². The Labute approximate surface area is 201 Å². The van der Waals surface area contributed by atoms with Crippen molar-refractivity contribution < 1.29 is 19.0 Å². The number of nitriles is 1. The first-order chi connectivity index (χ1) is 15.5. The smallest absolute Gasteiger partial charge is 0.412 e. The Balaban J connectivity index is 1.95. The van der Waals surface area contributed by atoms with Crippen molar-refractivity contribution in [3.63, 3.8) is 0 Å². The third kappa shape index (κ3) is 4.25. The van der Waals surface area contributed by atoms with Gasteiger partial charge in [0.15, 0.2) is 5.82 Å². The largest absolute Gasteiger partial charge is 0.493 e. The van der Waals surface area contributed by atoms with E-state index in [-0.39, 0.29) is 37.3 Å². The summed E-state index contributed by atoms with van der Waals surface area (Å²) >= 11 is 13.3. The molecule has 0 atom stereocenters. The number of anilines is 1. The van der Waals surface area contributed by atoms with Crippen LogP contribution in [-0.2, 0) is 4.74 Å². The zero-order chi connectivity index (χ0) is 24.1. The lowest BCUT2D eigenvalue weighted by molar-refractivity contribution is 0.0636. The zero-order valence-electron chi connectivity index (χ0n) is 17.5. The van der Waals surface area contributed by atoms with Crippen molar-refractivity contribution in [2.75, 3.05) is 5.32 Å². The molecule has 0 saturated carbocycles. The maximum Gasteiger partial charge on any atom is 0.412 e. The Kier molecular flexibility index (Phi) is 5.78. The van der Waals surface area contributed by atoms with Gasteiger partial charge in [0.2, 0.25) is 11.2 Å². The number of nitrogens with zero attached hydrogens (tertiary/aromatic N) is 3. The summed E-state index contributed by atoms with van der Waals surface area (Å²) in [7, 11) is 0. The maximum absolute atomic E-state index is 15.6. The topological polar surface area (TPSA) is 108 Å². The molecular formula is C22H15Cl2FN4O3S. The molecular weight excluding hydrogens is 490 g/mol. The van der Waals surface area contributed by atoms with Crippen molar-refractivity contribution in [3.05, 3.63) is 46.0 Å². The molecule has 0 radical (unpaired) electrons. The molecule has 168 valence electrons. The average molecular weight is 505 g/mol. The Morgan fingerprint density at radius 3 is 2.70 bits per heavy atom. The van der Waals surface area contributed by atoms with E-state index in [0.717, 1.165) is 11.3 Å². The van der Waals surface area contributed by atoms with Gasteiger partial charge < -0.3 is 9.84 Å². The van der Waals surface area contributed by atoms with Gasteiger partial charge in [-0.1, -0.05) is 23.7 Å². The van der Waals surface area contributed by atoms with E-state index in [1.165, 1.54) is 6.07 Å². The molecule has 0 spiro atoms. The van der Waals surface area contributed by atoms with E-state index in [4.69, 9.17) is 27.9 Å². The molecule has 0 unspecified atom stereocenters. The second-order valence-corrected chi connectivity index (χ2v) is 9.78. The van der Waals surface area contributed by atoms with Gasteiger partial charge >= 0.3 is 6.09 Å². The summed E-state index contributed by atoms with van der Waals surface area (Å²) in [5.41, 5.74) is -0.520. The summed E-state index contributed by atoms with van der Waals surface area (Å²) in [6.07, 6.45) is -0.719. The molecule has 0 aliphatic heterocycles. The molecule has 11 heteroatoms. The van der Waals surface area contributed by atoms with Crippen molar-refractivity contribution >= 4 is 66.6 Å². The van der Waals surface area contributed by atoms with E-state index in [1.54, 1.807) is 39.0 Å². The summed E-state index contributed by atoms with van der Waals surface area (Å²) in [6.45, 7) is 5.16. The second-order valence-electron chi connectivity index (χ2n) is 7.98. The molecule has 0 bridgehead atoms. The number of carbonyl (C=O) groups is 1. The monoisotopic (exact) mass is 504 g/mol. The molecule has 0 saturated heterocycles. The second kappa shape index (κ2) is 8.30. The molecule has 2 N–H and O–H groups in total. The van der Waals surface area contributed by atoms with Crippen LogP contribution in [0.3, 0.4) is 0 Å². The van der Waals surface area contributed by atoms with Gasteiger partial charge in [-0.25, -0.2) is 14.2 Å². The molecule has 33 heavy (non-hydrogen) atoms. The number of amides is 1. The van der Waals surface area contributed by atoms with Crippen LogP contribution in [0.2, 0.25) is 10.3 Å². The van der Waals surface area contributed by atoms with Crippen LogP contribution in [0.5, 0.6) is 5.88 Å². The summed E-state index contributed by atoms with van der Waals surface area (Å²) in [5.74, 6) is -1.34. The number of carbonyl (C=O) groups excluding carboxylic acids is 1. The van der Waals surface area contributed by atoms with Gasteiger partial charge in [0.1, 0.15) is 22.2 Å². The molecule has 2 aromatic carbocycles. The minimum Gasteiger partial charge on any atom is -0.493 e. The number of aromatic hydroxyl groups is 1. The summed E-state index contributed by atoms with van der Waals surface area (Å²) in [5, 5.41) is 22.8. The minimum atomic E-state index is -0.832. The van der Waals surface area contributed by atoms with Crippen molar-refractivity contribution in [3.8, 4) is 23.1 Å². The standard InChI is InChI=1S/C22H15Cl2FN4O3S/c1-22(2,3)32-21(31)29-19-11(8-26)14-9(5-4-6-13(14)33-19)15-12(23)7-10-17(16(15)25)27-20(24)28-18(10)30/h4-7H,1-3H3,(H,29,31)(H,27,28,30). The van der Waals surface area contributed by atoms with E-state index in [9.17, 15) is 15.2 Å². The van der Waals surface area contributed by atoms with Crippen molar-refractivity contribution in [2.45, 2.75) is 26.4 Å². The highest BCUT2D eigenvalue weighted by Crippen LogP contribution is 2.45. The lowest BCUT2D eigenvalue weighted by Gasteiger charge is -2.19. The van der Waals surface area contributed by atoms with Crippen molar-refractivity contribution in [1.29, 1.82) is 5.26 Å². The van der Waals surface area contributed by atoms with E-state index in [1.807, 2.05) is 0 Å². The van der Waals surface area contributed by atoms with E-state index < -0.39 is 23.4 Å². The van der Waals surface area contributed by atoms with Crippen LogP contribution in [0, 0.1) is 17.1 Å². The molecule has 4 rings (SSSR count). The zero-order valence-corrected chi connectivity index (χ0v) is 19.8. The Hall–Kier alpha value is -3.19. The maximum atomic E-state index is 15.6. The van der Waals surface area contributed by atoms with Crippen LogP contribution in [0.25, 0.3) is 32.1 Å². The Bertz CT molecular complexity index is 1490. The normalized spacial score (nSPS) is 11.5. The van der Waals surface area contributed by atoms with Crippen molar-refractivity contribution in [1.82, 2.24) is 9.97 Å². The van der Waals surface area contributed by atoms with Crippen LogP contribution in [0.1, 0.15) is 26.3 Å². The quantitative estimate of drug-likeness (QED) is 0.288. The molecule has 0 aliphatic carbocycles. The molecule has 7 nitrogen and oxygen atoms in total. The molecule has 0 fully saturated rings. The first kappa shape index (κ1) is 23.0. The Morgan fingerprint density at radius 1 is 1.30 bits per heavy atom. The molecule has 2 aromatic heterocycles. The SMILES string of the molecule is CC(C)(C)OC(=O)Nc1sc2cccc(-c3c(Cl)cc4c(O)nc(Cl)nc4c3F)c2c1C#N. The summed E-state index contributed by atoms with van der Waals surface area (Å²) in [6, 6.07) is 8.43. The van der Waals surface area contributed by atoms with Gasteiger partial charge in [-0.3, -0.25) is 5.32 Å². The number of fused-ring (bicyclic) bond motifs is 2. The average Bonchev–Trinajstić information content (AvgIpc) is 3.05. The van der Waals surface area contributed by atoms with Gasteiger partial charge in [0.25, 0.3) is 0 Å². The van der Waals surface area contributed by atoms with Crippen LogP contribution in [0.15, 0.2) is 24.3 Å². The molecule has 4 aromatic rings. The third-order valence-electron chi connectivity index (χ3n) is 4.55. The number of halogens is 3. The predicted octanol–water partition coefficient (Wildman–Crippen LogP) is 6.88. The van der Waals surface area contributed by atoms with Crippen LogP contribution < -0.4 is 5.32 Å². The fourth-order valence-electron chi connectivity index (χ4n) is 3.35. The highest BCUT2D eigenvalue weighted by atomic mass is 35.5. The van der Waals surface area contributed by atoms with E-state index in [0.29, 0.717) is 15.6 Å². The predicted molar refractivity (Wildman–Crippen MR) is 127 cm³/mol. The van der Waals surface area contributed by atoms with Crippen LogP contribution >= 0.6 is 34.5 Å².